The largest absolute Gasteiger partial charge is 0.367 e. The lowest BCUT2D eigenvalue weighted by atomic mass is 10.1. The van der Waals surface area contributed by atoms with Gasteiger partial charge in [0, 0.05) is 30.9 Å². The second-order valence-electron chi connectivity index (χ2n) is 5.85. The first kappa shape index (κ1) is 14.4. The molecule has 0 spiro atoms. The average Bonchev–Trinajstić information content (AvgIpc) is 2.66. The number of anilines is 1. The maximum absolute atomic E-state index is 3.64. The number of hydrogen-bond donors (Lipinski definition) is 1. The third kappa shape index (κ3) is 3.73. The van der Waals surface area contributed by atoms with Gasteiger partial charge in [0.15, 0.2) is 0 Å². The Balaban J connectivity index is 2.06. The normalized spacial score (nSPS) is 18.6. The summed E-state index contributed by atoms with van der Waals surface area (Å²) in [6.07, 6.45) is 5.06. The predicted octanol–water partition coefficient (Wildman–Crippen LogP) is 3.61. The first-order chi connectivity index (χ1) is 9.22. The highest BCUT2D eigenvalue weighted by molar-refractivity contribution is 5.55. The Kier molecular flexibility index (Phi) is 5.26. The van der Waals surface area contributed by atoms with Crippen molar-refractivity contribution in [2.45, 2.75) is 58.5 Å². The predicted molar refractivity (Wildman–Crippen MR) is 83.9 cm³/mol. The molecule has 2 heteroatoms. The molecule has 1 aliphatic heterocycles. The number of para-hydroxylation sites is 1. The maximum atomic E-state index is 3.64. The minimum absolute atomic E-state index is 0.563. The molecule has 2 unspecified atom stereocenters. The minimum atomic E-state index is 0.563. The minimum Gasteiger partial charge on any atom is -0.367 e. The summed E-state index contributed by atoms with van der Waals surface area (Å²) in [5, 5.41) is 3.64. The number of hydrogen-bond acceptors (Lipinski definition) is 2. The van der Waals surface area contributed by atoms with Gasteiger partial charge in [0.2, 0.25) is 0 Å². The van der Waals surface area contributed by atoms with E-state index in [9.17, 15) is 0 Å². The van der Waals surface area contributed by atoms with Gasteiger partial charge in [0.1, 0.15) is 0 Å². The van der Waals surface area contributed by atoms with Crippen molar-refractivity contribution >= 4 is 5.69 Å². The van der Waals surface area contributed by atoms with Crippen LogP contribution in [0.15, 0.2) is 24.3 Å². The molecule has 1 N–H and O–H groups in total. The number of aryl methyl sites for hydroxylation is 1. The summed E-state index contributed by atoms with van der Waals surface area (Å²) >= 11 is 0. The molecule has 2 atom stereocenters. The highest BCUT2D eigenvalue weighted by Gasteiger charge is 2.19. The summed E-state index contributed by atoms with van der Waals surface area (Å²) in [5.41, 5.74) is 2.98. The van der Waals surface area contributed by atoms with E-state index < -0.39 is 0 Å². The van der Waals surface area contributed by atoms with Crippen LogP contribution in [0.5, 0.6) is 0 Å². The van der Waals surface area contributed by atoms with Gasteiger partial charge in [-0.3, -0.25) is 0 Å². The summed E-state index contributed by atoms with van der Waals surface area (Å²) in [7, 11) is 0. The second kappa shape index (κ2) is 6.95. The Morgan fingerprint density at radius 1 is 1.21 bits per heavy atom. The van der Waals surface area contributed by atoms with Crippen LogP contribution in [0.3, 0.4) is 0 Å². The Morgan fingerprint density at radius 2 is 2.00 bits per heavy atom. The molecule has 0 bridgehead atoms. The fourth-order valence-electron chi connectivity index (χ4n) is 2.80. The fraction of sp³-hybridized carbons (Fsp3) is 0.647. The van der Waals surface area contributed by atoms with Gasteiger partial charge >= 0.3 is 0 Å². The van der Waals surface area contributed by atoms with Crippen LogP contribution in [0, 0.1) is 0 Å². The molecule has 1 aromatic carbocycles. The van der Waals surface area contributed by atoms with Crippen molar-refractivity contribution in [2.75, 3.05) is 18.0 Å². The smallest absolute Gasteiger partial charge is 0.0401 e. The Hall–Kier alpha value is -1.02. The molecular weight excluding hydrogens is 232 g/mol. The lowest BCUT2D eigenvalue weighted by Crippen LogP contribution is -2.43. The van der Waals surface area contributed by atoms with Gasteiger partial charge in [-0.25, -0.2) is 0 Å². The van der Waals surface area contributed by atoms with Gasteiger partial charge < -0.3 is 10.2 Å². The van der Waals surface area contributed by atoms with Crippen molar-refractivity contribution in [1.29, 1.82) is 0 Å². The third-order valence-corrected chi connectivity index (χ3v) is 4.30. The van der Waals surface area contributed by atoms with Crippen molar-refractivity contribution in [3.05, 3.63) is 29.8 Å². The Morgan fingerprint density at radius 3 is 2.79 bits per heavy atom. The molecule has 2 rings (SSSR count). The van der Waals surface area contributed by atoms with Crippen LogP contribution in [-0.2, 0) is 6.42 Å². The monoisotopic (exact) mass is 260 g/mol. The number of rotatable bonds is 5. The quantitative estimate of drug-likeness (QED) is 0.870. The van der Waals surface area contributed by atoms with Crippen LogP contribution in [0.4, 0.5) is 5.69 Å². The third-order valence-electron chi connectivity index (χ3n) is 4.30. The molecule has 1 heterocycles. The zero-order valence-corrected chi connectivity index (χ0v) is 12.7. The van der Waals surface area contributed by atoms with Crippen molar-refractivity contribution in [3.63, 3.8) is 0 Å². The molecule has 106 valence electrons. The molecular formula is C17H28N2. The summed E-state index contributed by atoms with van der Waals surface area (Å²) in [6.45, 7) is 9.12. The van der Waals surface area contributed by atoms with Crippen LogP contribution in [0.1, 0.15) is 45.6 Å². The van der Waals surface area contributed by atoms with E-state index in [0.29, 0.717) is 12.1 Å². The summed E-state index contributed by atoms with van der Waals surface area (Å²) in [5.74, 6) is 0. The second-order valence-corrected chi connectivity index (χ2v) is 5.85. The summed E-state index contributed by atoms with van der Waals surface area (Å²) in [6, 6.07) is 10.1. The van der Waals surface area contributed by atoms with E-state index in [2.05, 4.69) is 55.3 Å². The van der Waals surface area contributed by atoms with Crippen LogP contribution in [0.2, 0.25) is 0 Å². The Labute approximate surface area is 118 Å². The van der Waals surface area contributed by atoms with Gasteiger partial charge in [-0.05, 0) is 51.2 Å². The fourth-order valence-corrected chi connectivity index (χ4v) is 2.80. The molecule has 1 aliphatic rings. The van der Waals surface area contributed by atoms with Crippen LogP contribution < -0.4 is 10.2 Å². The highest BCUT2D eigenvalue weighted by Crippen LogP contribution is 2.27. The molecule has 0 saturated heterocycles. The van der Waals surface area contributed by atoms with Crippen molar-refractivity contribution in [1.82, 2.24) is 5.32 Å². The highest BCUT2D eigenvalue weighted by atomic mass is 15.2. The SMILES string of the molecule is CCC(C)NCC(C)N1CCCCc2ccccc21. The number of fused-ring (bicyclic) bond motifs is 1. The zero-order chi connectivity index (χ0) is 13.7. The lowest BCUT2D eigenvalue weighted by Gasteiger charge is -2.32. The van der Waals surface area contributed by atoms with Crippen LogP contribution in [-0.4, -0.2) is 25.2 Å². The van der Waals surface area contributed by atoms with E-state index in [0.717, 1.165) is 6.54 Å². The van der Waals surface area contributed by atoms with E-state index >= 15 is 0 Å². The van der Waals surface area contributed by atoms with E-state index in [1.807, 2.05) is 0 Å². The van der Waals surface area contributed by atoms with E-state index in [1.54, 1.807) is 0 Å². The first-order valence-corrected chi connectivity index (χ1v) is 7.80. The summed E-state index contributed by atoms with van der Waals surface area (Å²) in [4.78, 5) is 2.59. The standard InChI is InChI=1S/C17H28N2/c1-4-14(2)18-13-15(3)19-12-8-7-10-16-9-5-6-11-17(16)19/h5-6,9,11,14-15,18H,4,7-8,10,12-13H2,1-3H3. The van der Waals surface area contributed by atoms with Crippen LogP contribution in [0.25, 0.3) is 0 Å². The van der Waals surface area contributed by atoms with Crippen molar-refractivity contribution in [3.8, 4) is 0 Å². The van der Waals surface area contributed by atoms with Crippen molar-refractivity contribution in [2.24, 2.45) is 0 Å². The zero-order valence-electron chi connectivity index (χ0n) is 12.7. The van der Waals surface area contributed by atoms with Gasteiger partial charge in [-0.15, -0.1) is 0 Å². The molecule has 1 aromatic rings. The average molecular weight is 260 g/mol. The van der Waals surface area contributed by atoms with Gasteiger partial charge in [0.05, 0.1) is 0 Å². The van der Waals surface area contributed by atoms with E-state index in [4.69, 9.17) is 0 Å². The number of nitrogens with one attached hydrogen (secondary N) is 1. The van der Waals surface area contributed by atoms with Gasteiger partial charge in [-0.1, -0.05) is 25.1 Å². The maximum Gasteiger partial charge on any atom is 0.0401 e. The molecule has 19 heavy (non-hydrogen) atoms. The topological polar surface area (TPSA) is 15.3 Å². The number of benzene rings is 1. The van der Waals surface area contributed by atoms with Gasteiger partial charge in [-0.2, -0.15) is 0 Å². The first-order valence-electron chi connectivity index (χ1n) is 7.80. The molecule has 2 nitrogen and oxygen atoms in total. The molecule has 0 radical (unpaired) electrons. The molecule has 0 amide bonds. The molecule has 0 aliphatic carbocycles. The summed E-state index contributed by atoms with van der Waals surface area (Å²) < 4.78 is 0. The van der Waals surface area contributed by atoms with E-state index in [-0.39, 0.29) is 0 Å². The lowest BCUT2D eigenvalue weighted by molar-refractivity contribution is 0.486. The van der Waals surface area contributed by atoms with Gasteiger partial charge in [0.25, 0.3) is 0 Å². The van der Waals surface area contributed by atoms with E-state index in [1.165, 1.54) is 43.5 Å². The Bertz CT molecular complexity index is 389. The van der Waals surface area contributed by atoms with Crippen molar-refractivity contribution < 1.29 is 0 Å². The molecule has 0 saturated carbocycles. The molecule has 0 aromatic heterocycles. The number of nitrogens with zero attached hydrogens (tertiary/aromatic N) is 1. The van der Waals surface area contributed by atoms with Crippen LogP contribution >= 0.6 is 0 Å². The molecule has 0 fully saturated rings.